The number of rotatable bonds is 5. The summed E-state index contributed by atoms with van der Waals surface area (Å²) in [5.41, 5.74) is 5.80. The Balaban J connectivity index is 2.28. The molecule has 3 N–H and O–H groups in total. The number of carboxylic acid groups (broad SMARTS) is 1. The van der Waals surface area contributed by atoms with Crippen LogP contribution in [0.2, 0.25) is 0 Å². The Morgan fingerprint density at radius 1 is 1.29 bits per heavy atom. The van der Waals surface area contributed by atoms with Gasteiger partial charge >= 0.3 is 5.97 Å². The van der Waals surface area contributed by atoms with E-state index in [1.807, 2.05) is 0 Å². The van der Waals surface area contributed by atoms with Gasteiger partial charge in [-0.2, -0.15) is 0 Å². The summed E-state index contributed by atoms with van der Waals surface area (Å²) in [7, 11) is 1.75. The van der Waals surface area contributed by atoms with Crippen molar-refractivity contribution in [3.63, 3.8) is 0 Å². The van der Waals surface area contributed by atoms with E-state index in [9.17, 15) is 9.59 Å². The monoisotopic (exact) mass is 242 g/mol. The van der Waals surface area contributed by atoms with Gasteiger partial charge < -0.3 is 15.7 Å². The molecule has 1 amide bonds. The molecule has 0 aliphatic heterocycles. The van der Waals surface area contributed by atoms with E-state index in [0.717, 1.165) is 25.7 Å². The summed E-state index contributed by atoms with van der Waals surface area (Å²) in [6.07, 6.45) is 4.20. The number of carboxylic acids is 1. The van der Waals surface area contributed by atoms with E-state index < -0.39 is 5.97 Å². The van der Waals surface area contributed by atoms with E-state index in [-0.39, 0.29) is 24.3 Å². The van der Waals surface area contributed by atoms with Gasteiger partial charge in [-0.25, -0.2) is 0 Å². The van der Waals surface area contributed by atoms with E-state index in [4.69, 9.17) is 10.8 Å². The molecule has 1 saturated carbocycles. The van der Waals surface area contributed by atoms with Crippen LogP contribution in [0.4, 0.5) is 0 Å². The molecule has 0 heterocycles. The summed E-state index contributed by atoms with van der Waals surface area (Å²) < 4.78 is 0. The fraction of sp³-hybridized carbons (Fsp3) is 0.833. The molecule has 1 fully saturated rings. The van der Waals surface area contributed by atoms with Crippen LogP contribution >= 0.6 is 0 Å². The Hall–Kier alpha value is -1.10. The van der Waals surface area contributed by atoms with Gasteiger partial charge in [0.15, 0.2) is 0 Å². The highest BCUT2D eigenvalue weighted by Gasteiger charge is 2.26. The van der Waals surface area contributed by atoms with E-state index in [2.05, 4.69) is 0 Å². The highest BCUT2D eigenvalue weighted by Crippen LogP contribution is 2.24. The van der Waals surface area contributed by atoms with Crippen molar-refractivity contribution >= 4 is 11.9 Å². The number of hydrogen-bond acceptors (Lipinski definition) is 3. The van der Waals surface area contributed by atoms with Crippen molar-refractivity contribution in [1.82, 2.24) is 4.90 Å². The molecule has 1 rings (SSSR count). The zero-order valence-corrected chi connectivity index (χ0v) is 10.4. The predicted octanol–water partition coefficient (Wildman–Crippen LogP) is 0.827. The van der Waals surface area contributed by atoms with Crippen LogP contribution in [0.3, 0.4) is 0 Å². The quantitative estimate of drug-likeness (QED) is 0.748. The number of carbonyl (C=O) groups excluding carboxylic acids is 1. The highest BCUT2D eigenvalue weighted by molar-refractivity contribution is 5.78. The van der Waals surface area contributed by atoms with Crippen LogP contribution in [0.25, 0.3) is 0 Å². The summed E-state index contributed by atoms with van der Waals surface area (Å²) in [6, 6.07) is 0.247. The molecule has 0 bridgehead atoms. The molecule has 5 heteroatoms. The molecule has 0 atom stereocenters. The van der Waals surface area contributed by atoms with Gasteiger partial charge in [0, 0.05) is 32.0 Å². The van der Waals surface area contributed by atoms with E-state index >= 15 is 0 Å². The molecule has 0 radical (unpaired) electrons. The first-order valence-corrected chi connectivity index (χ1v) is 6.23. The third-order valence-corrected chi connectivity index (χ3v) is 3.38. The predicted molar refractivity (Wildman–Crippen MR) is 64.4 cm³/mol. The molecule has 0 saturated heterocycles. The van der Waals surface area contributed by atoms with Crippen LogP contribution in [0.5, 0.6) is 0 Å². The molecule has 0 unspecified atom stereocenters. The molecule has 0 aromatic carbocycles. The summed E-state index contributed by atoms with van der Waals surface area (Å²) >= 11 is 0. The zero-order valence-electron chi connectivity index (χ0n) is 10.4. The molecule has 0 aromatic rings. The lowest BCUT2D eigenvalue weighted by atomic mass is 9.85. The van der Waals surface area contributed by atoms with Gasteiger partial charge in [0.2, 0.25) is 5.91 Å². The normalized spacial score (nSPS) is 24.4. The van der Waals surface area contributed by atoms with Crippen LogP contribution in [0.1, 0.15) is 38.5 Å². The van der Waals surface area contributed by atoms with Crippen molar-refractivity contribution in [2.45, 2.75) is 44.6 Å². The van der Waals surface area contributed by atoms with Crippen molar-refractivity contribution in [2.24, 2.45) is 11.7 Å². The first-order valence-electron chi connectivity index (χ1n) is 6.23. The average molecular weight is 242 g/mol. The Labute approximate surface area is 102 Å². The van der Waals surface area contributed by atoms with Gasteiger partial charge in [-0.15, -0.1) is 0 Å². The van der Waals surface area contributed by atoms with Crippen LogP contribution in [0.15, 0.2) is 0 Å². The number of hydrogen-bond donors (Lipinski definition) is 2. The number of aliphatic carboxylic acids is 1. The summed E-state index contributed by atoms with van der Waals surface area (Å²) in [4.78, 5) is 24.0. The molecule has 0 aromatic heterocycles. The maximum absolute atomic E-state index is 12.0. The first-order chi connectivity index (χ1) is 8.00. The van der Waals surface area contributed by atoms with Crippen LogP contribution in [-0.4, -0.2) is 41.5 Å². The van der Waals surface area contributed by atoms with Crippen LogP contribution in [-0.2, 0) is 9.59 Å². The van der Waals surface area contributed by atoms with E-state index in [0.29, 0.717) is 13.0 Å². The second-order valence-corrected chi connectivity index (χ2v) is 4.87. The Bertz CT molecular complexity index is 273. The van der Waals surface area contributed by atoms with Gasteiger partial charge in [-0.05, 0) is 32.1 Å². The second-order valence-electron chi connectivity index (χ2n) is 4.87. The average Bonchev–Trinajstić information content (AvgIpc) is 2.28. The van der Waals surface area contributed by atoms with E-state index in [1.165, 1.54) is 0 Å². The molecular formula is C12H22N2O3. The summed E-state index contributed by atoms with van der Waals surface area (Å²) in [5.74, 6) is -0.582. The number of amides is 1. The first kappa shape index (κ1) is 14.0. The lowest BCUT2D eigenvalue weighted by Crippen LogP contribution is -2.37. The Morgan fingerprint density at radius 2 is 1.88 bits per heavy atom. The molecule has 1 aliphatic carbocycles. The maximum atomic E-state index is 12.0. The second kappa shape index (κ2) is 6.59. The third kappa shape index (κ3) is 4.73. The van der Waals surface area contributed by atoms with Gasteiger partial charge in [0.1, 0.15) is 0 Å². The van der Waals surface area contributed by atoms with Gasteiger partial charge in [-0.1, -0.05) is 0 Å². The fourth-order valence-electron chi connectivity index (χ4n) is 2.26. The zero-order chi connectivity index (χ0) is 12.8. The molecular weight excluding hydrogens is 220 g/mol. The third-order valence-electron chi connectivity index (χ3n) is 3.38. The SMILES string of the molecule is CN(CCCC(=O)O)C(=O)C1CCC(N)CC1. The number of carbonyl (C=O) groups is 2. The summed E-state index contributed by atoms with van der Waals surface area (Å²) in [5, 5.41) is 8.53. The molecule has 98 valence electrons. The lowest BCUT2D eigenvalue weighted by Gasteiger charge is -2.28. The minimum Gasteiger partial charge on any atom is -0.481 e. The van der Waals surface area contributed by atoms with Gasteiger partial charge in [0.25, 0.3) is 0 Å². The molecule has 1 aliphatic rings. The molecule has 0 spiro atoms. The molecule has 17 heavy (non-hydrogen) atoms. The standard InChI is InChI=1S/C12H22N2O3/c1-14(8-2-3-11(15)16)12(17)9-4-6-10(13)7-5-9/h9-10H,2-8,13H2,1H3,(H,15,16). The molecule has 5 nitrogen and oxygen atoms in total. The van der Waals surface area contributed by atoms with Crippen molar-refractivity contribution in [3.8, 4) is 0 Å². The Morgan fingerprint density at radius 3 is 2.41 bits per heavy atom. The summed E-state index contributed by atoms with van der Waals surface area (Å²) in [6.45, 7) is 0.522. The lowest BCUT2D eigenvalue weighted by molar-refractivity contribution is -0.139. The van der Waals surface area contributed by atoms with Crippen molar-refractivity contribution < 1.29 is 14.7 Å². The highest BCUT2D eigenvalue weighted by atomic mass is 16.4. The number of nitrogens with zero attached hydrogens (tertiary/aromatic N) is 1. The Kier molecular flexibility index (Phi) is 5.41. The maximum Gasteiger partial charge on any atom is 0.303 e. The van der Waals surface area contributed by atoms with Crippen LogP contribution < -0.4 is 5.73 Å². The fourth-order valence-corrected chi connectivity index (χ4v) is 2.26. The smallest absolute Gasteiger partial charge is 0.303 e. The minimum absolute atomic E-state index is 0.0876. The van der Waals surface area contributed by atoms with Gasteiger partial charge in [0.05, 0.1) is 0 Å². The van der Waals surface area contributed by atoms with Crippen LogP contribution in [0, 0.1) is 5.92 Å². The largest absolute Gasteiger partial charge is 0.481 e. The van der Waals surface area contributed by atoms with E-state index in [1.54, 1.807) is 11.9 Å². The minimum atomic E-state index is -0.811. The van der Waals surface area contributed by atoms with Gasteiger partial charge in [-0.3, -0.25) is 9.59 Å². The van der Waals surface area contributed by atoms with Crippen molar-refractivity contribution in [3.05, 3.63) is 0 Å². The topological polar surface area (TPSA) is 83.6 Å². The van der Waals surface area contributed by atoms with Crippen molar-refractivity contribution in [2.75, 3.05) is 13.6 Å². The number of nitrogens with two attached hydrogens (primary N) is 1. The van der Waals surface area contributed by atoms with Crippen molar-refractivity contribution in [1.29, 1.82) is 0 Å².